The van der Waals surface area contributed by atoms with Gasteiger partial charge in [0.05, 0.1) is 0 Å². The standard InChI is InChI=1S/C22H38O4/c1-2-3-4-5-6-7-8-9-10-11-12-13-14-15-16-17-18-20(22(25)26)19-21(23)24/h9-10,19H,2-8,11-18H2,1H3,(H,23,24)(H,25,26)/b10-9?,20-19-. The molecule has 0 saturated carbocycles. The molecule has 0 heterocycles. The lowest BCUT2D eigenvalue weighted by molar-refractivity contribution is -0.135. The van der Waals surface area contributed by atoms with Crippen LogP contribution in [0, 0.1) is 0 Å². The van der Waals surface area contributed by atoms with Gasteiger partial charge in [-0.05, 0) is 38.5 Å². The second-order valence-electron chi connectivity index (χ2n) is 7.00. The minimum Gasteiger partial charge on any atom is -0.478 e. The van der Waals surface area contributed by atoms with E-state index in [4.69, 9.17) is 10.2 Å². The van der Waals surface area contributed by atoms with E-state index in [9.17, 15) is 9.59 Å². The summed E-state index contributed by atoms with van der Waals surface area (Å²) in [7, 11) is 0. The fourth-order valence-corrected chi connectivity index (χ4v) is 2.95. The highest BCUT2D eigenvalue weighted by Crippen LogP contribution is 2.13. The molecule has 0 aliphatic rings. The number of carboxylic acids is 2. The van der Waals surface area contributed by atoms with Crippen molar-refractivity contribution in [3.05, 3.63) is 23.8 Å². The molecule has 0 spiro atoms. The second-order valence-corrected chi connectivity index (χ2v) is 7.00. The van der Waals surface area contributed by atoms with Gasteiger partial charge in [-0.25, -0.2) is 9.59 Å². The molecule has 0 aliphatic heterocycles. The van der Waals surface area contributed by atoms with Crippen molar-refractivity contribution >= 4 is 11.9 Å². The van der Waals surface area contributed by atoms with Gasteiger partial charge in [0.25, 0.3) is 0 Å². The maximum atomic E-state index is 10.9. The Hall–Kier alpha value is -1.58. The fourth-order valence-electron chi connectivity index (χ4n) is 2.95. The first-order valence-corrected chi connectivity index (χ1v) is 10.4. The molecule has 26 heavy (non-hydrogen) atoms. The van der Waals surface area contributed by atoms with E-state index in [0.717, 1.165) is 38.2 Å². The molecule has 0 unspecified atom stereocenters. The predicted octanol–water partition coefficient (Wildman–Crippen LogP) is 6.51. The Morgan fingerprint density at radius 2 is 1.15 bits per heavy atom. The zero-order valence-corrected chi connectivity index (χ0v) is 16.5. The topological polar surface area (TPSA) is 74.6 Å². The molecule has 2 N–H and O–H groups in total. The number of carboxylic acid groups (broad SMARTS) is 2. The van der Waals surface area contributed by atoms with Crippen LogP contribution in [0.25, 0.3) is 0 Å². The van der Waals surface area contributed by atoms with Gasteiger partial charge in [0.2, 0.25) is 0 Å². The predicted molar refractivity (Wildman–Crippen MR) is 107 cm³/mol. The van der Waals surface area contributed by atoms with Crippen molar-refractivity contribution < 1.29 is 19.8 Å². The number of rotatable bonds is 18. The molecule has 0 bridgehead atoms. The molecule has 0 rings (SSSR count). The number of hydrogen-bond acceptors (Lipinski definition) is 2. The Bertz CT molecular complexity index is 424. The zero-order chi connectivity index (χ0) is 19.5. The maximum absolute atomic E-state index is 10.9. The van der Waals surface area contributed by atoms with Crippen LogP contribution < -0.4 is 0 Å². The van der Waals surface area contributed by atoms with E-state index in [1.165, 1.54) is 57.8 Å². The summed E-state index contributed by atoms with van der Waals surface area (Å²) in [6, 6.07) is 0. The highest BCUT2D eigenvalue weighted by atomic mass is 16.4. The Morgan fingerprint density at radius 3 is 1.62 bits per heavy atom. The Balaban J connectivity index is 3.42. The number of unbranched alkanes of at least 4 members (excludes halogenated alkanes) is 12. The number of allylic oxidation sites excluding steroid dienone is 2. The molecule has 0 fully saturated rings. The molecule has 0 saturated heterocycles. The van der Waals surface area contributed by atoms with Crippen LogP contribution in [0.2, 0.25) is 0 Å². The molecule has 0 aromatic carbocycles. The van der Waals surface area contributed by atoms with Gasteiger partial charge in [-0.3, -0.25) is 0 Å². The average Bonchev–Trinajstić information content (AvgIpc) is 2.59. The van der Waals surface area contributed by atoms with E-state index in [0.29, 0.717) is 6.42 Å². The summed E-state index contributed by atoms with van der Waals surface area (Å²) < 4.78 is 0. The molecule has 0 aliphatic carbocycles. The van der Waals surface area contributed by atoms with Gasteiger partial charge in [0.1, 0.15) is 0 Å². The Labute approximate surface area is 159 Å². The van der Waals surface area contributed by atoms with Gasteiger partial charge in [-0.15, -0.1) is 0 Å². The fraction of sp³-hybridized carbons (Fsp3) is 0.727. The van der Waals surface area contributed by atoms with Gasteiger partial charge in [0.15, 0.2) is 0 Å². The van der Waals surface area contributed by atoms with E-state index in [1.54, 1.807) is 0 Å². The van der Waals surface area contributed by atoms with Crippen molar-refractivity contribution in [2.24, 2.45) is 0 Å². The monoisotopic (exact) mass is 366 g/mol. The lowest BCUT2D eigenvalue weighted by Crippen LogP contribution is -2.04. The second kappa shape index (κ2) is 18.2. The van der Waals surface area contributed by atoms with Crippen LogP contribution >= 0.6 is 0 Å². The first kappa shape index (κ1) is 24.4. The molecule has 0 amide bonds. The third kappa shape index (κ3) is 17.2. The first-order chi connectivity index (χ1) is 12.6. The summed E-state index contributed by atoms with van der Waals surface area (Å²) in [4.78, 5) is 21.4. The lowest BCUT2D eigenvalue weighted by Gasteiger charge is -2.02. The van der Waals surface area contributed by atoms with Gasteiger partial charge in [-0.2, -0.15) is 0 Å². The maximum Gasteiger partial charge on any atom is 0.331 e. The minimum atomic E-state index is -1.19. The summed E-state index contributed by atoms with van der Waals surface area (Å²) in [5, 5.41) is 17.5. The van der Waals surface area contributed by atoms with Crippen LogP contribution in [-0.4, -0.2) is 22.2 Å². The van der Waals surface area contributed by atoms with Gasteiger partial charge in [-0.1, -0.05) is 76.9 Å². The number of hydrogen-bond donors (Lipinski definition) is 2. The van der Waals surface area contributed by atoms with Crippen LogP contribution in [0.4, 0.5) is 0 Å². The number of carbonyl (C=O) groups is 2. The van der Waals surface area contributed by atoms with Crippen molar-refractivity contribution in [3.63, 3.8) is 0 Å². The van der Waals surface area contributed by atoms with Crippen molar-refractivity contribution in [3.8, 4) is 0 Å². The Kier molecular flexibility index (Phi) is 17.1. The third-order valence-electron chi connectivity index (χ3n) is 4.53. The molecular formula is C22H38O4. The summed E-state index contributed by atoms with van der Waals surface area (Å²) in [5.74, 6) is -2.31. The van der Waals surface area contributed by atoms with E-state index in [2.05, 4.69) is 19.1 Å². The molecule has 0 radical (unpaired) electrons. The van der Waals surface area contributed by atoms with E-state index in [1.807, 2.05) is 0 Å². The van der Waals surface area contributed by atoms with Crippen LogP contribution in [0.15, 0.2) is 23.8 Å². The van der Waals surface area contributed by atoms with Crippen LogP contribution in [-0.2, 0) is 9.59 Å². The van der Waals surface area contributed by atoms with Crippen molar-refractivity contribution in [2.45, 2.75) is 103 Å². The molecular weight excluding hydrogens is 328 g/mol. The third-order valence-corrected chi connectivity index (χ3v) is 4.53. The molecule has 0 aromatic rings. The van der Waals surface area contributed by atoms with Crippen molar-refractivity contribution in [2.75, 3.05) is 0 Å². The van der Waals surface area contributed by atoms with Crippen molar-refractivity contribution in [1.29, 1.82) is 0 Å². The van der Waals surface area contributed by atoms with Crippen LogP contribution in [0.1, 0.15) is 103 Å². The summed E-state index contributed by atoms with van der Waals surface area (Å²) in [6.07, 6.45) is 22.6. The first-order valence-electron chi connectivity index (χ1n) is 10.4. The molecule has 0 atom stereocenters. The van der Waals surface area contributed by atoms with Crippen molar-refractivity contribution in [1.82, 2.24) is 0 Å². The zero-order valence-electron chi connectivity index (χ0n) is 16.5. The summed E-state index contributed by atoms with van der Waals surface area (Å²) >= 11 is 0. The summed E-state index contributed by atoms with van der Waals surface area (Å²) in [5.41, 5.74) is -0.00648. The smallest absolute Gasteiger partial charge is 0.331 e. The molecule has 150 valence electrons. The molecule has 0 aromatic heterocycles. The highest BCUT2D eigenvalue weighted by Gasteiger charge is 2.08. The largest absolute Gasteiger partial charge is 0.478 e. The normalized spacial score (nSPS) is 12.0. The van der Waals surface area contributed by atoms with Gasteiger partial charge >= 0.3 is 11.9 Å². The average molecular weight is 367 g/mol. The van der Waals surface area contributed by atoms with Gasteiger partial charge in [0, 0.05) is 11.6 Å². The number of aliphatic carboxylic acids is 2. The van der Waals surface area contributed by atoms with E-state index < -0.39 is 11.9 Å². The summed E-state index contributed by atoms with van der Waals surface area (Å²) in [6.45, 7) is 2.25. The highest BCUT2D eigenvalue weighted by molar-refractivity contribution is 5.94. The minimum absolute atomic E-state index is 0.00648. The van der Waals surface area contributed by atoms with E-state index >= 15 is 0 Å². The van der Waals surface area contributed by atoms with Crippen LogP contribution in [0.3, 0.4) is 0 Å². The van der Waals surface area contributed by atoms with Gasteiger partial charge < -0.3 is 10.2 Å². The lowest BCUT2D eigenvalue weighted by atomic mass is 10.0. The quantitative estimate of drug-likeness (QED) is 0.165. The SMILES string of the molecule is CCCCCCCCC=CCCCCCCCC/C(=C/C(=O)O)C(=O)O. The molecule has 4 nitrogen and oxygen atoms in total. The Morgan fingerprint density at radius 1 is 0.692 bits per heavy atom. The van der Waals surface area contributed by atoms with E-state index in [-0.39, 0.29) is 5.57 Å². The van der Waals surface area contributed by atoms with Crippen LogP contribution in [0.5, 0.6) is 0 Å². The molecule has 4 heteroatoms.